The maximum atomic E-state index is 9.93. The summed E-state index contributed by atoms with van der Waals surface area (Å²) in [6, 6.07) is 0.493. The Kier molecular flexibility index (Phi) is 14.3. The van der Waals surface area contributed by atoms with E-state index >= 15 is 0 Å². The van der Waals surface area contributed by atoms with Crippen LogP contribution < -0.4 is 5.32 Å². The zero-order chi connectivity index (χ0) is 15.2. The van der Waals surface area contributed by atoms with Gasteiger partial charge in [0.25, 0.3) is 0 Å². The second-order valence-corrected chi connectivity index (χ2v) is 6.49. The van der Waals surface area contributed by atoms with Crippen LogP contribution in [-0.2, 0) is 4.74 Å². The first-order chi connectivity index (χ1) is 9.67. The van der Waals surface area contributed by atoms with Gasteiger partial charge < -0.3 is 15.2 Å². The van der Waals surface area contributed by atoms with Crippen molar-refractivity contribution in [2.75, 3.05) is 31.8 Å². The first-order valence-electron chi connectivity index (χ1n) is 8.15. The van der Waals surface area contributed by atoms with E-state index < -0.39 is 6.10 Å². The number of nitrogens with one attached hydrogen (secondary N) is 1. The molecule has 0 amide bonds. The molecule has 0 radical (unpaired) electrons. The van der Waals surface area contributed by atoms with Crippen molar-refractivity contribution in [3.63, 3.8) is 0 Å². The van der Waals surface area contributed by atoms with Crippen LogP contribution in [0, 0.1) is 5.92 Å². The lowest BCUT2D eigenvalue weighted by atomic mass is 10.0. The van der Waals surface area contributed by atoms with Gasteiger partial charge >= 0.3 is 0 Å². The van der Waals surface area contributed by atoms with Crippen LogP contribution in [0.4, 0.5) is 0 Å². The van der Waals surface area contributed by atoms with Gasteiger partial charge in [-0.05, 0) is 25.0 Å². The van der Waals surface area contributed by atoms with Crippen LogP contribution in [0.1, 0.15) is 52.9 Å². The van der Waals surface area contributed by atoms with Gasteiger partial charge in [0.15, 0.2) is 0 Å². The first-order valence-corrected chi connectivity index (χ1v) is 9.55. The number of hydrogen-bond acceptors (Lipinski definition) is 4. The Morgan fingerprint density at radius 2 is 1.90 bits per heavy atom. The van der Waals surface area contributed by atoms with E-state index in [1.165, 1.54) is 25.7 Å². The third-order valence-electron chi connectivity index (χ3n) is 3.71. The molecule has 0 aromatic heterocycles. The first kappa shape index (κ1) is 20.2. The van der Waals surface area contributed by atoms with Crippen LogP contribution in [0.3, 0.4) is 0 Å². The number of ether oxygens (including phenoxy) is 1. The number of aliphatic hydroxyl groups is 1. The van der Waals surface area contributed by atoms with Crippen molar-refractivity contribution in [1.82, 2.24) is 5.32 Å². The lowest BCUT2D eigenvalue weighted by molar-refractivity contribution is 0.0185. The Labute approximate surface area is 130 Å². The molecule has 2 N–H and O–H groups in total. The summed E-state index contributed by atoms with van der Waals surface area (Å²) in [5.74, 6) is 1.74. The molecule has 0 fully saturated rings. The molecule has 20 heavy (non-hydrogen) atoms. The van der Waals surface area contributed by atoms with E-state index in [0.717, 1.165) is 18.8 Å². The normalized spacial score (nSPS) is 16.1. The molecule has 4 heteroatoms. The molecular weight excluding hydrogens is 270 g/mol. The summed E-state index contributed by atoms with van der Waals surface area (Å²) in [5.41, 5.74) is 0. The summed E-state index contributed by atoms with van der Waals surface area (Å²) in [6.45, 7) is 8.49. The summed E-state index contributed by atoms with van der Waals surface area (Å²) >= 11 is 1.84. The molecule has 3 atom stereocenters. The SMILES string of the molecule is CCCCC(CC)COCC(O)CNC(CC)CSC. The second kappa shape index (κ2) is 14.2. The molecule has 122 valence electrons. The van der Waals surface area contributed by atoms with Gasteiger partial charge in [-0.25, -0.2) is 0 Å². The third kappa shape index (κ3) is 11.0. The number of thioether (sulfide) groups is 1. The molecule has 0 heterocycles. The Morgan fingerprint density at radius 1 is 1.15 bits per heavy atom. The molecule has 0 aromatic carbocycles. The molecule has 3 nitrogen and oxygen atoms in total. The molecule has 0 bridgehead atoms. The van der Waals surface area contributed by atoms with Gasteiger partial charge in [0.05, 0.1) is 12.7 Å². The van der Waals surface area contributed by atoms with Crippen molar-refractivity contribution in [2.45, 2.75) is 65.0 Å². The smallest absolute Gasteiger partial charge is 0.0897 e. The van der Waals surface area contributed by atoms with Crippen molar-refractivity contribution in [1.29, 1.82) is 0 Å². The van der Waals surface area contributed by atoms with Gasteiger partial charge in [-0.1, -0.05) is 40.0 Å². The summed E-state index contributed by atoms with van der Waals surface area (Å²) in [5, 5.41) is 13.3. The number of hydrogen-bond donors (Lipinski definition) is 2. The second-order valence-electron chi connectivity index (χ2n) is 5.58. The van der Waals surface area contributed by atoms with Gasteiger partial charge in [-0.15, -0.1) is 0 Å². The largest absolute Gasteiger partial charge is 0.389 e. The predicted octanol–water partition coefficient (Wildman–Crippen LogP) is 3.31. The van der Waals surface area contributed by atoms with Gasteiger partial charge in [-0.2, -0.15) is 11.8 Å². The molecule has 0 spiro atoms. The summed E-state index contributed by atoms with van der Waals surface area (Å²) in [7, 11) is 0. The molecular formula is C16H35NO2S. The Balaban J connectivity index is 3.67. The lowest BCUT2D eigenvalue weighted by Gasteiger charge is -2.20. The molecule has 0 saturated heterocycles. The molecule has 0 aromatic rings. The lowest BCUT2D eigenvalue weighted by Crippen LogP contribution is -2.38. The van der Waals surface area contributed by atoms with E-state index in [4.69, 9.17) is 4.74 Å². The van der Waals surface area contributed by atoms with E-state index in [2.05, 4.69) is 32.3 Å². The zero-order valence-electron chi connectivity index (χ0n) is 13.9. The van der Waals surface area contributed by atoms with E-state index in [-0.39, 0.29) is 0 Å². The molecule has 0 aliphatic carbocycles. The quantitative estimate of drug-likeness (QED) is 0.516. The highest BCUT2D eigenvalue weighted by molar-refractivity contribution is 7.98. The Bertz CT molecular complexity index is 205. The highest BCUT2D eigenvalue weighted by atomic mass is 32.2. The van der Waals surface area contributed by atoms with E-state index in [1.807, 2.05) is 11.8 Å². The van der Waals surface area contributed by atoms with Crippen LogP contribution in [0.2, 0.25) is 0 Å². The third-order valence-corrected chi connectivity index (χ3v) is 4.45. The van der Waals surface area contributed by atoms with Crippen LogP contribution in [0.15, 0.2) is 0 Å². The van der Waals surface area contributed by atoms with Crippen LogP contribution in [0.25, 0.3) is 0 Å². The number of rotatable bonds is 14. The van der Waals surface area contributed by atoms with Crippen molar-refractivity contribution < 1.29 is 9.84 Å². The van der Waals surface area contributed by atoms with Gasteiger partial charge in [0, 0.05) is 24.9 Å². The minimum absolute atomic E-state index is 0.394. The topological polar surface area (TPSA) is 41.5 Å². The van der Waals surface area contributed by atoms with E-state index in [1.54, 1.807) is 0 Å². The maximum absolute atomic E-state index is 9.93. The Morgan fingerprint density at radius 3 is 2.45 bits per heavy atom. The van der Waals surface area contributed by atoms with Crippen molar-refractivity contribution >= 4 is 11.8 Å². The summed E-state index contributed by atoms with van der Waals surface area (Å²) in [6.07, 6.45) is 7.76. The number of aliphatic hydroxyl groups excluding tert-OH is 1. The predicted molar refractivity (Wildman–Crippen MR) is 90.6 cm³/mol. The van der Waals surface area contributed by atoms with Crippen LogP contribution in [-0.4, -0.2) is 49.0 Å². The molecule has 0 aliphatic heterocycles. The van der Waals surface area contributed by atoms with Gasteiger partial charge in [0.2, 0.25) is 0 Å². The zero-order valence-corrected chi connectivity index (χ0v) is 14.7. The van der Waals surface area contributed by atoms with Crippen molar-refractivity contribution in [3.05, 3.63) is 0 Å². The van der Waals surface area contributed by atoms with E-state index in [0.29, 0.717) is 25.1 Å². The Hall–Kier alpha value is 0.230. The maximum Gasteiger partial charge on any atom is 0.0897 e. The molecule has 3 unspecified atom stereocenters. The number of unbranched alkanes of at least 4 members (excludes halogenated alkanes) is 1. The molecule has 0 rings (SSSR count). The summed E-state index contributed by atoms with van der Waals surface area (Å²) < 4.78 is 5.68. The van der Waals surface area contributed by atoms with Crippen molar-refractivity contribution in [2.24, 2.45) is 5.92 Å². The fourth-order valence-corrected chi connectivity index (χ4v) is 2.91. The van der Waals surface area contributed by atoms with Crippen LogP contribution in [0.5, 0.6) is 0 Å². The average Bonchev–Trinajstić information content (AvgIpc) is 2.46. The average molecular weight is 306 g/mol. The van der Waals surface area contributed by atoms with E-state index in [9.17, 15) is 5.11 Å². The fraction of sp³-hybridized carbons (Fsp3) is 1.00. The summed E-state index contributed by atoms with van der Waals surface area (Å²) in [4.78, 5) is 0. The monoisotopic (exact) mass is 305 g/mol. The van der Waals surface area contributed by atoms with Gasteiger partial charge in [0.1, 0.15) is 0 Å². The highest BCUT2D eigenvalue weighted by Gasteiger charge is 2.11. The fourth-order valence-electron chi connectivity index (χ4n) is 2.15. The van der Waals surface area contributed by atoms with Crippen molar-refractivity contribution in [3.8, 4) is 0 Å². The minimum Gasteiger partial charge on any atom is -0.389 e. The molecule has 0 aliphatic rings. The minimum atomic E-state index is -0.394. The van der Waals surface area contributed by atoms with Gasteiger partial charge in [-0.3, -0.25) is 0 Å². The highest BCUT2D eigenvalue weighted by Crippen LogP contribution is 2.12. The molecule has 0 saturated carbocycles. The van der Waals surface area contributed by atoms with Crippen LogP contribution >= 0.6 is 11.8 Å². The standard InChI is InChI=1S/C16H35NO2S/c1-5-8-9-14(6-2)11-19-12-16(18)10-17-15(7-3)13-20-4/h14-18H,5-13H2,1-4H3.